The molecule has 2 aromatic rings. The fourth-order valence-corrected chi connectivity index (χ4v) is 4.46. The fourth-order valence-electron chi connectivity index (χ4n) is 3.58. The summed E-state index contributed by atoms with van der Waals surface area (Å²) in [6, 6.07) is 12.0. The molecule has 0 aliphatic carbocycles. The number of sulfonamides is 1. The summed E-state index contributed by atoms with van der Waals surface area (Å²) in [5, 5.41) is 2.79. The zero-order valence-electron chi connectivity index (χ0n) is 20.3. The second kappa shape index (κ2) is 12.5. The lowest BCUT2D eigenvalue weighted by molar-refractivity contribution is -0.139. The van der Waals surface area contributed by atoms with Gasteiger partial charge in [-0.2, -0.15) is 0 Å². The highest BCUT2D eigenvalue weighted by atomic mass is 32.2. The molecular weight excluding hydrogens is 457 g/mol. The van der Waals surface area contributed by atoms with Crippen molar-refractivity contribution in [3.8, 4) is 0 Å². The molecule has 1 N–H and O–H groups in total. The summed E-state index contributed by atoms with van der Waals surface area (Å²) in [6.07, 6.45) is 3.29. The molecule has 7 nitrogen and oxygen atoms in total. The molecule has 2 aromatic carbocycles. The molecule has 0 fully saturated rings. The first kappa shape index (κ1) is 27.3. The Kier molecular flexibility index (Phi) is 10.0. The van der Waals surface area contributed by atoms with E-state index in [2.05, 4.69) is 5.32 Å². The highest BCUT2D eigenvalue weighted by Gasteiger charge is 2.31. The molecule has 0 unspecified atom stereocenters. The number of anilines is 1. The predicted molar refractivity (Wildman–Crippen MR) is 132 cm³/mol. The maximum absolute atomic E-state index is 14.4. The molecule has 0 spiro atoms. The van der Waals surface area contributed by atoms with Gasteiger partial charge in [0.15, 0.2) is 0 Å². The van der Waals surface area contributed by atoms with Crippen LogP contribution in [0.25, 0.3) is 0 Å². The van der Waals surface area contributed by atoms with Gasteiger partial charge in [-0.3, -0.25) is 13.9 Å². The number of hydrogen-bond acceptors (Lipinski definition) is 4. The van der Waals surface area contributed by atoms with Gasteiger partial charge in [-0.15, -0.1) is 0 Å². The van der Waals surface area contributed by atoms with E-state index in [4.69, 9.17) is 0 Å². The molecule has 186 valence electrons. The number of nitrogens with one attached hydrogen (secondary N) is 1. The summed E-state index contributed by atoms with van der Waals surface area (Å²) in [5.41, 5.74) is 1.42. The number of hydrogen-bond donors (Lipinski definition) is 1. The molecule has 1 atom stereocenters. The average Bonchev–Trinajstić information content (AvgIpc) is 2.80. The molecule has 0 aliphatic rings. The lowest BCUT2D eigenvalue weighted by atomic mass is 10.1. The number of para-hydroxylation sites is 1. The first-order valence-corrected chi connectivity index (χ1v) is 13.3. The second-order valence-electron chi connectivity index (χ2n) is 8.19. The van der Waals surface area contributed by atoms with Crippen molar-refractivity contribution < 1.29 is 22.4 Å². The summed E-state index contributed by atoms with van der Waals surface area (Å²) in [6.45, 7) is 5.25. The lowest BCUT2D eigenvalue weighted by Crippen LogP contribution is -2.51. The van der Waals surface area contributed by atoms with Gasteiger partial charge in [0.1, 0.15) is 18.4 Å². The Labute approximate surface area is 202 Å². The predicted octanol–water partition coefficient (Wildman–Crippen LogP) is 3.49. The quantitative estimate of drug-likeness (QED) is 0.461. The normalized spacial score (nSPS) is 12.1. The van der Waals surface area contributed by atoms with E-state index >= 15 is 0 Å². The zero-order chi connectivity index (χ0) is 25.3. The molecule has 2 amide bonds. The van der Waals surface area contributed by atoms with Crippen LogP contribution in [0.2, 0.25) is 0 Å². The molecular formula is C25H34FN3O4S. The number of amides is 2. The Morgan fingerprint density at radius 2 is 1.65 bits per heavy atom. The number of carbonyl (C=O) groups is 2. The van der Waals surface area contributed by atoms with Crippen LogP contribution in [0.5, 0.6) is 0 Å². The van der Waals surface area contributed by atoms with E-state index in [1.807, 2.05) is 13.8 Å². The van der Waals surface area contributed by atoms with Crippen LogP contribution in [0.1, 0.15) is 44.7 Å². The molecule has 2 rings (SSSR count). The van der Waals surface area contributed by atoms with Gasteiger partial charge in [-0.1, -0.05) is 56.7 Å². The van der Waals surface area contributed by atoms with Gasteiger partial charge >= 0.3 is 0 Å². The van der Waals surface area contributed by atoms with Crippen molar-refractivity contribution in [2.24, 2.45) is 0 Å². The minimum Gasteiger partial charge on any atom is -0.354 e. The summed E-state index contributed by atoms with van der Waals surface area (Å²) >= 11 is 0. The van der Waals surface area contributed by atoms with Crippen molar-refractivity contribution in [1.82, 2.24) is 10.2 Å². The van der Waals surface area contributed by atoms with Crippen molar-refractivity contribution in [3.05, 3.63) is 65.5 Å². The van der Waals surface area contributed by atoms with Crippen molar-refractivity contribution in [1.29, 1.82) is 0 Å². The zero-order valence-corrected chi connectivity index (χ0v) is 21.1. The van der Waals surface area contributed by atoms with Gasteiger partial charge in [-0.05, 0) is 37.5 Å². The highest BCUT2D eigenvalue weighted by Crippen LogP contribution is 2.24. The van der Waals surface area contributed by atoms with Crippen LogP contribution in [0.15, 0.2) is 48.5 Å². The third kappa shape index (κ3) is 7.28. The number of benzene rings is 2. The standard InChI is InChI=1S/C25H34FN3O4S/c1-5-7-16-27-25(31)19(3)28(17-21-13-8-10-14-22(21)26)24(30)18-29(34(4,32)33)23-15-11-9-12-20(23)6-2/h8-15,19H,5-7,16-18H2,1-4H3,(H,27,31)/t19-/m0/s1. The van der Waals surface area contributed by atoms with Gasteiger partial charge in [0, 0.05) is 18.7 Å². The largest absolute Gasteiger partial charge is 0.354 e. The third-order valence-corrected chi connectivity index (χ3v) is 6.74. The molecule has 0 aliphatic heterocycles. The van der Waals surface area contributed by atoms with Crippen molar-refractivity contribution in [2.45, 2.75) is 52.6 Å². The monoisotopic (exact) mass is 491 g/mol. The van der Waals surface area contributed by atoms with E-state index in [-0.39, 0.29) is 18.0 Å². The van der Waals surface area contributed by atoms with Crippen LogP contribution < -0.4 is 9.62 Å². The van der Waals surface area contributed by atoms with Crippen LogP contribution in [0.3, 0.4) is 0 Å². The molecule has 0 heterocycles. The van der Waals surface area contributed by atoms with E-state index in [1.54, 1.807) is 43.3 Å². The highest BCUT2D eigenvalue weighted by molar-refractivity contribution is 7.92. The van der Waals surface area contributed by atoms with E-state index in [9.17, 15) is 22.4 Å². The molecule has 0 saturated carbocycles. The minimum atomic E-state index is -3.81. The van der Waals surface area contributed by atoms with Crippen LogP contribution >= 0.6 is 0 Å². The number of nitrogens with zero attached hydrogens (tertiary/aromatic N) is 2. The van der Waals surface area contributed by atoms with Gasteiger partial charge in [0.05, 0.1) is 11.9 Å². The summed E-state index contributed by atoms with van der Waals surface area (Å²) in [4.78, 5) is 27.5. The first-order chi connectivity index (χ1) is 16.1. The SMILES string of the molecule is CCCCNC(=O)[C@H](C)N(Cc1ccccc1F)C(=O)CN(c1ccccc1CC)S(C)(=O)=O. The first-order valence-electron chi connectivity index (χ1n) is 11.5. The number of rotatable bonds is 12. The molecule has 0 aromatic heterocycles. The fraction of sp³-hybridized carbons (Fsp3) is 0.440. The molecule has 9 heteroatoms. The van der Waals surface area contributed by atoms with Gasteiger partial charge in [0.2, 0.25) is 21.8 Å². The van der Waals surface area contributed by atoms with Gasteiger partial charge < -0.3 is 10.2 Å². The second-order valence-corrected chi connectivity index (χ2v) is 10.1. The number of halogens is 1. The van der Waals surface area contributed by atoms with Crippen LogP contribution in [0.4, 0.5) is 10.1 Å². The minimum absolute atomic E-state index is 0.166. The Bertz CT molecular complexity index is 1090. The van der Waals surface area contributed by atoms with Crippen molar-refractivity contribution >= 4 is 27.5 Å². The van der Waals surface area contributed by atoms with Crippen LogP contribution in [-0.4, -0.2) is 50.5 Å². The smallest absolute Gasteiger partial charge is 0.244 e. The number of unbranched alkanes of at least 4 members (excludes halogenated alkanes) is 1. The maximum atomic E-state index is 14.4. The Hall–Kier alpha value is -2.94. The summed E-state index contributed by atoms with van der Waals surface area (Å²) in [5.74, 6) is -1.48. The van der Waals surface area contributed by atoms with Crippen molar-refractivity contribution in [2.75, 3.05) is 23.7 Å². The summed E-state index contributed by atoms with van der Waals surface area (Å²) in [7, 11) is -3.81. The van der Waals surface area contributed by atoms with E-state index in [0.29, 0.717) is 18.7 Å². The van der Waals surface area contributed by atoms with Crippen LogP contribution in [0, 0.1) is 5.82 Å². The Balaban J connectivity index is 2.40. The average molecular weight is 492 g/mol. The molecule has 0 radical (unpaired) electrons. The maximum Gasteiger partial charge on any atom is 0.244 e. The third-order valence-electron chi connectivity index (χ3n) is 5.62. The van der Waals surface area contributed by atoms with E-state index in [0.717, 1.165) is 29.0 Å². The molecule has 0 saturated heterocycles. The van der Waals surface area contributed by atoms with Gasteiger partial charge in [-0.25, -0.2) is 12.8 Å². The summed E-state index contributed by atoms with van der Waals surface area (Å²) < 4.78 is 40.8. The van der Waals surface area contributed by atoms with Gasteiger partial charge in [0.25, 0.3) is 0 Å². The lowest BCUT2D eigenvalue weighted by Gasteiger charge is -2.32. The topological polar surface area (TPSA) is 86.8 Å². The van der Waals surface area contributed by atoms with Crippen LogP contribution in [-0.2, 0) is 32.6 Å². The van der Waals surface area contributed by atoms with E-state index < -0.39 is 34.3 Å². The van der Waals surface area contributed by atoms with E-state index in [1.165, 1.54) is 17.0 Å². The Morgan fingerprint density at radius 1 is 1.03 bits per heavy atom. The number of aryl methyl sites for hydroxylation is 1. The number of carbonyl (C=O) groups excluding carboxylic acids is 2. The molecule has 34 heavy (non-hydrogen) atoms. The molecule has 0 bridgehead atoms. The van der Waals surface area contributed by atoms with Crippen molar-refractivity contribution in [3.63, 3.8) is 0 Å². The Morgan fingerprint density at radius 3 is 2.24 bits per heavy atom.